The summed E-state index contributed by atoms with van der Waals surface area (Å²) in [5.41, 5.74) is 2.27. The van der Waals surface area contributed by atoms with E-state index in [1.165, 1.54) is 10.6 Å². The van der Waals surface area contributed by atoms with E-state index in [-0.39, 0.29) is 11.4 Å². The lowest BCUT2D eigenvalue weighted by molar-refractivity contribution is 0.297. The van der Waals surface area contributed by atoms with Crippen LogP contribution in [0, 0.1) is 20.8 Å². The molecule has 0 unspecified atom stereocenters. The van der Waals surface area contributed by atoms with Crippen molar-refractivity contribution in [2.45, 2.75) is 45.2 Å². The molecule has 0 amide bonds. The minimum atomic E-state index is -3.68. The van der Waals surface area contributed by atoms with Crippen molar-refractivity contribution in [2.75, 3.05) is 13.7 Å². The van der Waals surface area contributed by atoms with E-state index in [0.717, 1.165) is 17.7 Å². The van der Waals surface area contributed by atoms with E-state index in [1.54, 1.807) is 37.7 Å². The van der Waals surface area contributed by atoms with E-state index in [0.29, 0.717) is 30.3 Å². The van der Waals surface area contributed by atoms with E-state index < -0.39 is 10.0 Å². The minimum absolute atomic E-state index is 0.170. The molecule has 0 aliphatic heterocycles. The van der Waals surface area contributed by atoms with E-state index in [1.807, 2.05) is 31.2 Å². The highest BCUT2D eigenvalue weighted by Gasteiger charge is 2.29. The first-order chi connectivity index (χ1) is 13.8. The molecule has 0 radical (unpaired) electrons. The lowest BCUT2D eigenvalue weighted by atomic mass is 10.2. The zero-order valence-corrected chi connectivity index (χ0v) is 18.1. The summed E-state index contributed by atoms with van der Waals surface area (Å²) in [5, 5.41) is 4.45. The molecule has 0 fully saturated rings. The van der Waals surface area contributed by atoms with Crippen LogP contribution in [-0.4, -0.2) is 36.2 Å². The molecule has 0 saturated heterocycles. The summed E-state index contributed by atoms with van der Waals surface area (Å²) in [6.45, 7) is 6.81. The molecule has 0 atom stereocenters. The van der Waals surface area contributed by atoms with Crippen molar-refractivity contribution in [1.82, 2.24) is 14.1 Å². The maximum atomic E-state index is 13.1. The van der Waals surface area contributed by atoms with Crippen LogP contribution in [0.3, 0.4) is 0 Å². The van der Waals surface area contributed by atoms with Gasteiger partial charge in [-0.1, -0.05) is 12.1 Å². The number of nitrogens with zero attached hydrogens (tertiary/aromatic N) is 3. The highest BCUT2D eigenvalue weighted by atomic mass is 32.2. The topological polar surface area (TPSA) is 77.6 Å². The molecule has 7 nitrogen and oxygen atoms in total. The maximum absolute atomic E-state index is 13.1. The number of hydrogen-bond acceptors (Lipinski definition) is 5. The third kappa shape index (κ3) is 4.89. The first kappa shape index (κ1) is 21.1. The van der Waals surface area contributed by atoms with Crippen molar-refractivity contribution in [3.63, 3.8) is 0 Å². The van der Waals surface area contributed by atoms with Crippen LogP contribution in [0.1, 0.15) is 29.1 Å². The lowest BCUT2D eigenvalue weighted by Gasteiger charge is -2.16. The molecule has 8 heteroatoms. The van der Waals surface area contributed by atoms with Gasteiger partial charge in [0, 0.05) is 20.0 Å². The van der Waals surface area contributed by atoms with E-state index in [2.05, 4.69) is 5.10 Å². The van der Waals surface area contributed by atoms with Crippen molar-refractivity contribution in [3.8, 4) is 5.75 Å². The molecule has 1 aromatic carbocycles. The van der Waals surface area contributed by atoms with E-state index >= 15 is 0 Å². The summed E-state index contributed by atoms with van der Waals surface area (Å²) in [6.07, 6.45) is 2.25. The van der Waals surface area contributed by atoms with E-state index in [9.17, 15) is 8.42 Å². The highest BCUT2D eigenvalue weighted by Crippen LogP contribution is 2.24. The summed E-state index contributed by atoms with van der Waals surface area (Å²) >= 11 is 0. The summed E-state index contributed by atoms with van der Waals surface area (Å²) < 4.78 is 40.2. The Morgan fingerprint density at radius 2 is 1.97 bits per heavy atom. The van der Waals surface area contributed by atoms with Crippen LogP contribution in [0.25, 0.3) is 0 Å². The molecule has 0 N–H and O–H groups in total. The molecule has 29 heavy (non-hydrogen) atoms. The van der Waals surface area contributed by atoms with Crippen molar-refractivity contribution in [2.24, 2.45) is 0 Å². The second kappa shape index (κ2) is 8.84. The average molecular weight is 418 g/mol. The molecular formula is C21H27N3O4S. The Balaban J connectivity index is 1.66. The Morgan fingerprint density at radius 1 is 1.17 bits per heavy atom. The van der Waals surface area contributed by atoms with Gasteiger partial charge in [0.05, 0.1) is 30.8 Å². The molecule has 3 rings (SSSR count). The number of benzene rings is 1. The van der Waals surface area contributed by atoms with Gasteiger partial charge in [-0.15, -0.1) is 0 Å². The van der Waals surface area contributed by atoms with Gasteiger partial charge in [-0.05, 0) is 50.6 Å². The second-order valence-electron chi connectivity index (χ2n) is 7.08. The quantitative estimate of drug-likeness (QED) is 0.496. The molecule has 3 aromatic rings. The predicted molar refractivity (Wildman–Crippen MR) is 110 cm³/mol. The zero-order chi connectivity index (χ0) is 21.0. The number of aromatic nitrogens is 2. The van der Waals surface area contributed by atoms with Crippen LogP contribution in [0.5, 0.6) is 5.75 Å². The molecule has 2 heterocycles. The zero-order valence-electron chi connectivity index (χ0n) is 17.3. The van der Waals surface area contributed by atoms with Crippen LogP contribution in [0.15, 0.2) is 52.0 Å². The van der Waals surface area contributed by atoms with Gasteiger partial charge in [-0.2, -0.15) is 9.40 Å². The van der Waals surface area contributed by atoms with Crippen LogP contribution in [0.2, 0.25) is 0 Å². The third-order valence-electron chi connectivity index (χ3n) is 4.71. The monoisotopic (exact) mass is 417 g/mol. The Kier molecular flexibility index (Phi) is 6.44. The lowest BCUT2D eigenvalue weighted by Crippen LogP contribution is -2.27. The normalized spacial score (nSPS) is 11.9. The fraction of sp³-hybridized carbons (Fsp3) is 0.381. The summed E-state index contributed by atoms with van der Waals surface area (Å²) in [6, 6.07) is 11.4. The van der Waals surface area contributed by atoms with Crippen molar-refractivity contribution < 1.29 is 17.6 Å². The SMILES string of the molecule is Cc1cccc(OCCCn2nc(C)c(S(=O)(=O)N(C)Cc3ccco3)c2C)c1. The minimum Gasteiger partial charge on any atom is -0.494 e. The number of aryl methyl sites for hydroxylation is 3. The number of sulfonamides is 1. The average Bonchev–Trinajstić information content (AvgIpc) is 3.26. The molecule has 0 bridgehead atoms. The Hall–Kier alpha value is -2.58. The number of furan rings is 1. The number of rotatable bonds is 9. The van der Waals surface area contributed by atoms with Gasteiger partial charge in [0.15, 0.2) is 0 Å². The summed E-state index contributed by atoms with van der Waals surface area (Å²) in [7, 11) is -2.13. The molecule has 156 valence electrons. The molecule has 2 aromatic heterocycles. The van der Waals surface area contributed by atoms with Crippen molar-refractivity contribution in [3.05, 3.63) is 65.4 Å². The van der Waals surface area contributed by atoms with Gasteiger partial charge >= 0.3 is 0 Å². The molecule has 0 aliphatic carbocycles. The van der Waals surface area contributed by atoms with Gasteiger partial charge in [0.1, 0.15) is 16.4 Å². The van der Waals surface area contributed by atoms with Crippen molar-refractivity contribution >= 4 is 10.0 Å². The van der Waals surface area contributed by atoms with Gasteiger partial charge in [-0.25, -0.2) is 8.42 Å². The van der Waals surface area contributed by atoms with Crippen LogP contribution in [-0.2, 0) is 23.1 Å². The Labute approximate surface area is 172 Å². The smallest absolute Gasteiger partial charge is 0.246 e. The third-order valence-corrected chi connectivity index (χ3v) is 6.77. The molecule has 0 spiro atoms. The standard InChI is InChI=1S/C21H27N3O4S/c1-16-8-5-9-19(14-16)27-13-7-11-24-18(3)21(17(2)22-24)29(25,26)23(4)15-20-10-6-12-28-20/h5-6,8-10,12,14H,7,11,13,15H2,1-4H3. The largest absolute Gasteiger partial charge is 0.494 e. The Morgan fingerprint density at radius 3 is 2.66 bits per heavy atom. The highest BCUT2D eigenvalue weighted by molar-refractivity contribution is 7.89. The van der Waals surface area contributed by atoms with Gasteiger partial charge in [0.2, 0.25) is 10.0 Å². The first-order valence-electron chi connectivity index (χ1n) is 9.51. The summed E-state index contributed by atoms with van der Waals surface area (Å²) in [4.78, 5) is 0.256. The molecular weight excluding hydrogens is 390 g/mol. The number of hydrogen-bond donors (Lipinski definition) is 0. The van der Waals surface area contributed by atoms with Gasteiger partial charge < -0.3 is 9.15 Å². The fourth-order valence-corrected chi connectivity index (χ4v) is 4.75. The van der Waals surface area contributed by atoms with E-state index in [4.69, 9.17) is 9.15 Å². The van der Waals surface area contributed by atoms with Gasteiger partial charge in [0.25, 0.3) is 0 Å². The van der Waals surface area contributed by atoms with Crippen LogP contribution in [0.4, 0.5) is 0 Å². The van der Waals surface area contributed by atoms with Crippen LogP contribution >= 0.6 is 0 Å². The van der Waals surface area contributed by atoms with Crippen LogP contribution < -0.4 is 4.74 Å². The second-order valence-corrected chi connectivity index (χ2v) is 9.06. The van der Waals surface area contributed by atoms with Gasteiger partial charge in [-0.3, -0.25) is 4.68 Å². The van der Waals surface area contributed by atoms with Crippen molar-refractivity contribution in [1.29, 1.82) is 0 Å². The Bertz CT molecular complexity index is 1060. The number of ether oxygens (including phenoxy) is 1. The summed E-state index contributed by atoms with van der Waals surface area (Å²) in [5.74, 6) is 1.42. The first-order valence-corrected chi connectivity index (χ1v) is 10.9. The maximum Gasteiger partial charge on any atom is 0.246 e. The molecule has 0 aliphatic rings. The molecule has 0 saturated carbocycles. The fourth-order valence-electron chi connectivity index (χ4n) is 3.24. The predicted octanol–water partition coefficient (Wildman–Crippen LogP) is 3.69.